The fraction of sp³-hybridized carbons (Fsp3) is 0.211. The number of pyridine rings is 1. The van der Waals surface area contributed by atoms with Gasteiger partial charge in [-0.25, -0.2) is 9.97 Å². The number of methoxy groups -OCH3 is 2. The van der Waals surface area contributed by atoms with Crippen molar-refractivity contribution >= 4 is 22.4 Å². The first-order valence-corrected chi connectivity index (χ1v) is 8.82. The summed E-state index contributed by atoms with van der Waals surface area (Å²) in [5.41, 5.74) is 4.39. The molecule has 26 heavy (non-hydrogen) atoms. The van der Waals surface area contributed by atoms with E-state index >= 15 is 0 Å². The molecule has 7 heteroatoms. The van der Waals surface area contributed by atoms with Crippen LogP contribution in [0.2, 0.25) is 0 Å². The Labute approximate surface area is 155 Å². The summed E-state index contributed by atoms with van der Waals surface area (Å²) in [6.45, 7) is 4.01. The molecular formula is C19H19N3O3S. The maximum absolute atomic E-state index is 12.3. The summed E-state index contributed by atoms with van der Waals surface area (Å²) in [5, 5.41) is 5.27. The van der Waals surface area contributed by atoms with Gasteiger partial charge in [0, 0.05) is 23.2 Å². The van der Waals surface area contributed by atoms with Crippen LogP contribution in [0.4, 0.5) is 5.13 Å². The van der Waals surface area contributed by atoms with Crippen molar-refractivity contribution in [2.45, 2.75) is 13.8 Å². The van der Waals surface area contributed by atoms with Crippen LogP contribution in [-0.2, 0) is 0 Å². The first-order valence-electron chi connectivity index (χ1n) is 7.94. The lowest BCUT2D eigenvalue weighted by Crippen LogP contribution is -2.12. The third-order valence-corrected chi connectivity index (χ3v) is 4.71. The molecule has 0 bridgehead atoms. The summed E-state index contributed by atoms with van der Waals surface area (Å²) >= 11 is 1.38. The molecule has 0 radical (unpaired) electrons. The van der Waals surface area contributed by atoms with Crippen molar-refractivity contribution in [3.05, 3.63) is 52.5 Å². The van der Waals surface area contributed by atoms with Crippen molar-refractivity contribution in [1.29, 1.82) is 0 Å². The number of nitrogens with zero attached hydrogens (tertiary/aromatic N) is 2. The highest BCUT2D eigenvalue weighted by molar-refractivity contribution is 7.14. The van der Waals surface area contributed by atoms with E-state index in [0.717, 1.165) is 28.1 Å². The SMILES string of the molecule is COc1ccc(C(=O)Nc2nc(-c3cc(C)c(OC)cc3C)cs2)cn1. The monoisotopic (exact) mass is 369 g/mol. The first-order chi connectivity index (χ1) is 12.5. The molecule has 1 amide bonds. The Morgan fingerprint density at radius 3 is 2.58 bits per heavy atom. The Balaban J connectivity index is 1.79. The second-order valence-electron chi connectivity index (χ2n) is 5.72. The highest BCUT2D eigenvalue weighted by atomic mass is 32.1. The average molecular weight is 369 g/mol. The quantitative estimate of drug-likeness (QED) is 0.733. The van der Waals surface area contributed by atoms with Gasteiger partial charge in [-0.15, -0.1) is 11.3 Å². The number of ether oxygens (including phenoxy) is 2. The van der Waals surface area contributed by atoms with Crippen LogP contribution in [0.25, 0.3) is 11.3 Å². The summed E-state index contributed by atoms with van der Waals surface area (Å²) in [4.78, 5) is 20.9. The molecule has 0 fully saturated rings. The smallest absolute Gasteiger partial charge is 0.259 e. The first kappa shape index (κ1) is 17.9. The van der Waals surface area contributed by atoms with Crippen molar-refractivity contribution in [2.75, 3.05) is 19.5 Å². The van der Waals surface area contributed by atoms with Crippen molar-refractivity contribution in [3.8, 4) is 22.9 Å². The molecule has 0 spiro atoms. The van der Waals surface area contributed by atoms with Crippen LogP contribution < -0.4 is 14.8 Å². The minimum Gasteiger partial charge on any atom is -0.496 e. The van der Waals surface area contributed by atoms with Crippen LogP contribution in [0.15, 0.2) is 35.8 Å². The second-order valence-corrected chi connectivity index (χ2v) is 6.58. The lowest BCUT2D eigenvalue weighted by Gasteiger charge is -2.09. The molecule has 2 heterocycles. The van der Waals surface area contributed by atoms with E-state index in [0.29, 0.717) is 16.6 Å². The summed E-state index contributed by atoms with van der Waals surface area (Å²) in [7, 11) is 3.19. The topological polar surface area (TPSA) is 73.3 Å². The van der Waals surface area contributed by atoms with Crippen LogP contribution in [0.3, 0.4) is 0 Å². The predicted octanol–water partition coefficient (Wildman–Crippen LogP) is 4.09. The summed E-state index contributed by atoms with van der Waals surface area (Å²) < 4.78 is 10.3. The standard InChI is InChI=1S/C19H19N3O3S/c1-11-8-16(24-3)12(2)7-14(11)15-10-26-19(21-15)22-18(23)13-5-6-17(25-4)20-9-13/h5-10H,1-4H3,(H,21,22,23). The van der Waals surface area contributed by atoms with Crippen molar-refractivity contribution in [2.24, 2.45) is 0 Å². The number of benzene rings is 1. The van der Waals surface area contributed by atoms with Crippen molar-refractivity contribution in [1.82, 2.24) is 9.97 Å². The maximum Gasteiger partial charge on any atom is 0.259 e. The summed E-state index contributed by atoms with van der Waals surface area (Å²) in [6, 6.07) is 7.34. The Kier molecular flexibility index (Phi) is 5.18. The van der Waals surface area contributed by atoms with Crippen molar-refractivity contribution < 1.29 is 14.3 Å². The zero-order chi connectivity index (χ0) is 18.7. The Morgan fingerprint density at radius 2 is 1.92 bits per heavy atom. The molecule has 2 aromatic heterocycles. The molecule has 1 N–H and O–H groups in total. The lowest BCUT2D eigenvalue weighted by molar-refractivity contribution is 0.102. The molecule has 0 aliphatic rings. The van der Waals surface area contributed by atoms with Gasteiger partial charge < -0.3 is 9.47 Å². The van der Waals surface area contributed by atoms with E-state index in [9.17, 15) is 4.79 Å². The molecule has 0 unspecified atom stereocenters. The van der Waals surface area contributed by atoms with E-state index in [1.165, 1.54) is 24.6 Å². The van der Waals surface area contributed by atoms with E-state index in [-0.39, 0.29) is 5.91 Å². The van der Waals surface area contributed by atoms with Crippen molar-refractivity contribution in [3.63, 3.8) is 0 Å². The van der Waals surface area contributed by atoms with E-state index in [4.69, 9.17) is 9.47 Å². The van der Waals surface area contributed by atoms with E-state index in [1.807, 2.05) is 31.4 Å². The molecule has 0 aliphatic carbocycles. The predicted molar refractivity (Wildman–Crippen MR) is 102 cm³/mol. The molecule has 3 rings (SSSR count). The summed E-state index contributed by atoms with van der Waals surface area (Å²) in [6.07, 6.45) is 1.47. The molecule has 0 saturated heterocycles. The number of hydrogen-bond acceptors (Lipinski definition) is 6. The largest absolute Gasteiger partial charge is 0.496 e. The third-order valence-electron chi connectivity index (χ3n) is 3.95. The normalized spacial score (nSPS) is 10.5. The van der Waals surface area contributed by atoms with Gasteiger partial charge >= 0.3 is 0 Å². The molecule has 134 valence electrons. The number of carbonyl (C=O) groups is 1. The Bertz CT molecular complexity index is 936. The van der Waals surface area contributed by atoms with Crippen LogP contribution in [0.5, 0.6) is 11.6 Å². The second kappa shape index (κ2) is 7.53. The molecule has 0 saturated carbocycles. The lowest BCUT2D eigenvalue weighted by atomic mass is 10.0. The number of anilines is 1. The number of aromatic nitrogens is 2. The van der Waals surface area contributed by atoms with Gasteiger partial charge in [-0.1, -0.05) is 0 Å². The van der Waals surface area contributed by atoms with Gasteiger partial charge in [-0.3, -0.25) is 10.1 Å². The van der Waals surface area contributed by atoms with E-state index in [1.54, 1.807) is 19.2 Å². The van der Waals surface area contributed by atoms with Crippen LogP contribution in [-0.4, -0.2) is 30.1 Å². The van der Waals surface area contributed by atoms with Gasteiger partial charge in [-0.05, 0) is 43.2 Å². The molecular weight excluding hydrogens is 350 g/mol. The molecule has 1 aromatic carbocycles. The molecule has 0 aliphatic heterocycles. The fourth-order valence-corrected chi connectivity index (χ4v) is 3.25. The fourth-order valence-electron chi connectivity index (χ4n) is 2.55. The van der Waals surface area contributed by atoms with Gasteiger partial charge in [-0.2, -0.15) is 0 Å². The average Bonchev–Trinajstić information content (AvgIpc) is 3.11. The number of carbonyl (C=O) groups excluding carboxylic acids is 1. The Hall–Kier alpha value is -2.93. The molecule has 3 aromatic rings. The van der Waals surface area contributed by atoms with Gasteiger partial charge in [0.15, 0.2) is 5.13 Å². The van der Waals surface area contributed by atoms with E-state index in [2.05, 4.69) is 15.3 Å². The van der Waals surface area contributed by atoms with Crippen LogP contribution >= 0.6 is 11.3 Å². The number of rotatable bonds is 5. The van der Waals surface area contributed by atoms with Gasteiger partial charge in [0.25, 0.3) is 5.91 Å². The van der Waals surface area contributed by atoms with Crippen LogP contribution in [0.1, 0.15) is 21.5 Å². The minimum atomic E-state index is -0.260. The zero-order valence-electron chi connectivity index (χ0n) is 15.0. The maximum atomic E-state index is 12.3. The highest BCUT2D eigenvalue weighted by Gasteiger charge is 2.13. The van der Waals surface area contributed by atoms with Crippen LogP contribution in [0, 0.1) is 13.8 Å². The number of aryl methyl sites for hydroxylation is 2. The number of hydrogen-bond donors (Lipinski definition) is 1. The summed E-state index contributed by atoms with van der Waals surface area (Å²) in [5.74, 6) is 1.05. The van der Waals surface area contributed by atoms with Gasteiger partial charge in [0.1, 0.15) is 5.75 Å². The third kappa shape index (κ3) is 3.67. The molecule has 6 nitrogen and oxygen atoms in total. The number of nitrogens with one attached hydrogen (secondary N) is 1. The zero-order valence-corrected chi connectivity index (χ0v) is 15.8. The highest BCUT2D eigenvalue weighted by Crippen LogP contribution is 2.32. The Morgan fingerprint density at radius 1 is 1.12 bits per heavy atom. The van der Waals surface area contributed by atoms with Gasteiger partial charge in [0.2, 0.25) is 5.88 Å². The molecule has 0 atom stereocenters. The minimum absolute atomic E-state index is 0.260. The van der Waals surface area contributed by atoms with E-state index < -0.39 is 0 Å². The van der Waals surface area contributed by atoms with Gasteiger partial charge in [0.05, 0.1) is 25.5 Å². The number of thiazole rings is 1. The number of amides is 1.